The molecule has 2 rings (SSSR count). The molecule has 0 aliphatic heterocycles. The Labute approximate surface area is 149 Å². The lowest BCUT2D eigenvalue weighted by Crippen LogP contribution is -2.22. The Morgan fingerprint density at radius 3 is 2.68 bits per heavy atom. The molecule has 134 valence electrons. The van der Waals surface area contributed by atoms with Gasteiger partial charge in [-0.2, -0.15) is 0 Å². The Morgan fingerprint density at radius 1 is 1.32 bits per heavy atom. The quantitative estimate of drug-likeness (QED) is 0.540. The van der Waals surface area contributed by atoms with E-state index in [4.69, 9.17) is 21.1 Å². The van der Waals surface area contributed by atoms with Gasteiger partial charge in [0.2, 0.25) is 11.6 Å². The molecule has 2 aromatic rings. The molecule has 1 aromatic carbocycles. The molecule has 0 saturated heterocycles. The summed E-state index contributed by atoms with van der Waals surface area (Å²) in [6.07, 6.45) is 1.23. The Morgan fingerprint density at radius 2 is 2.04 bits per heavy atom. The molecule has 0 aliphatic carbocycles. The van der Waals surface area contributed by atoms with Gasteiger partial charge in [-0.25, -0.2) is 9.97 Å². The third kappa shape index (κ3) is 4.68. The van der Waals surface area contributed by atoms with Gasteiger partial charge in [0.05, 0.1) is 24.3 Å². The molecular formula is C15H18ClN5O4. The van der Waals surface area contributed by atoms with Crippen LogP contribution in [0.4, 0.5) is 23.0 Å². The minimum absolute atomic E-state index is 0.0210. The monoisotopic (exact) mass is 367 g/mol. The highest BCUT2D eigenvalue weighted by Crippen LogP contribution is 2.35. The Balaban J connectivity index is 2.41. The Bertz CT molecular complexity index is 759. The highest BCUT2D eigenvalue weighted by molar-refractivity contribution is 6.31. The molecule has 0 radical (unpaired) electrons. The predicted molar refractivity (Wildman–Crippen MR) is 94.9 cm³/mol. The van der Waals surface area contributed by atoms with Gasteiger partial charge >= 0.3 is 5.69 Å². The molecule has 1 atom stereocenters. The fourth-order valence-corrected chi connectivity index (χ4v) is 2.35. The van der Waals surface area contributed by atoms with Gasteiger partial charge < -0.3 is 20.1 Å². The van der Waals surface area contributed by atoms with E-state index in [1.54, 1.807) is 25.3 Å². The number of halogens is 1. The molecule has 0 spiro atoms. The van der Waals surface area contributed by atoms with Gasteiger partial charge in [-0.15, -0.1) is 0 Å². The number of nitro groups is 1. The van der Waals surface area contributed by atoms with Crippen LogP contribution >= 0.6 is 11.6 Å². The first-order valence-corrected chi connectivity index (χ1v) is 7.69. The van der Waals surface area contributed by atoms with Crippen molar-refractivity contribution in [3.05, 3.63) is 39.7 Å². The second-order valence-electron chi connectivity index (χ2n) is 5.15. The summed E-state index contributed by atoms with van der Waals surface area (Å²) >= 11 is 5.99. The zero-order valence-corrected chi connectivity index (χ0v) is 14.7. The van der Waals surface area contributed by atoms with Crippen LogP contribution in [0.5, 0.6) is 5.75 Å². The smallest absolute Gasteiger partial charge is 0.353 e. The van der Waals surface area contributed by atoms with Crippen molar-refractivity contribution in [1.29, 1.82) is 0 Å². The third-order valence-electron chi connectivity index (χ3n) is 3.22. The van der Waals surface area contributed by atoms with Crippen LogP contribution in [0.25, 0.3) is 0 Å². The number of ether oxygens (including phenoxy) is 2. The van der Waals surface area contributed by atoms with Crippen LogP contribution in [-0.2, 0) is 4.74 Å². The molecule has 9 nitrogen and oxygen atoms in total. The van der Waals surface area contributed by atoms with E-state index in [2.05, 4.69) is 20.6 Å². The number of rotatable bonds is 8. The predicted octanol–water partition coefficient (Wildman–Crippen LogP) is 3.24. The van der Waals surface area contributed by atoms with Gasteiger partial charge in [-0.05, 0) is 25.1 Å². The van der Waals surface area contributed by atoms with Gasteiger partial charge in [0.15, 0.2) is 0 Å². The van der Waals surface area contributed by atoms with Crippen molar-refractivity contribution in [2.24, 2.45) is 0 Å². The second-order valence-corrected chi connectivity index (χ2v) is 5.58. The molecule has 0 amide bonds. The molecular weight excluding hydrogens is 350 g/mol. The van der Waals surface area contributed by atoms with Crippen molar-refractivity contribution in [3.63, 3.8) is 0 Å². The second kappa shape index (κ2) is 8.45. The lowest BCUT2D eigenvalue weighted by Gasteiger charge is -2.15. The lowest BCUT2D eigenvalue weighted by molar-refractivity contribution is -0.383. The first-order valence-electron chi connectivity index (χ1n) is 7.31. The van der Waals surface area contributed by atoms with Gasteiger partial charge in [0.25, 0.3) is 0 Å². The molecule has 2 N–H and O–H groups in total. The number of hydrogen-bond acceptors (Lipinski definition) is 8. The van der Waals surface area contributed by atoms with Gasteiger partial charge in [0.1, 0.15) is 12.1 Å². The van der Waals surface area contributed by atoms with Crippen molar-refractivity contribution in [3.8, 4) is 5.75 Å². The molecule has 1 heterocycles. The van der Waals surface area contributed by atoms with E-state index in [0.717, 1.165) is 0 Å². The van der Waals surface area contributed by atoms with Crippen molar-refractivity contribution >= 4 is 34.6 Å². The summed E-state index contributed by atoms with van der Waals surface area (Å²) in [6, 6.07) is 4.72. The Kier molecular flexibility index (Phi) is 6.31. The number of hydrogen-bond donors (Lipinski definition) is 2. The topological polar surface area (TPSA) is 111 Å². The standard InChI is InChI=1S/C15H18ClN5O4/c1-9(7-24-2)19-14-13(21(22)23)15(18-8-17-14)20-11-6-10(16)4-5-12(11)25-3/h4-6,8-9H,7H2,1-3H3,(H2,17,18,19,20). The van der Waals surface area contributed by atoms with Gasteiger partial charge in [-0.3, -0.25) is 10.1 Å². The summed E-state index contributed by atoms with van der Waals surface area (Å²) in [5, 5.41) is 17.8. The number of aromatic nitrogens is 2. The van der Waals surface area contributed by atoms with Crippen molar-refractivity contribution in [2.75, 3.05) is 31.5 Å². The zero-order valence-electron chi connectivity index (χ0n) is 13.9. The molecule has 1 unspecified atom stereocenters. The van der Waals surface area contributed by atoms with Crippen LogP contribution < -0.4 is 15.4 Å². The first-order chi connectivity index (χ1) is 12.0. The number of nitrogens with one attached hydrogen (secondary N) is 2. The fourth-order valence-electron chi connectivity index (χ4n) is 2.18. The SMILES string of the molecule is COCC(C)Nc1ncnc(Nc2cc(Cl)ccc2OC)c1[N+](=O)[O-]. The molecule has 1 aromatic heterocycles. The largest absolute Gasteiger partial charge is 0.495 e. The number of nitrogens with zero attached hydrogens (tertiary/aromatic N) is 3. The maximum absolute atomic E-state index is 11.6. The highest BCUT2D eigenvalue weighted by atomic mass is 35.5. The van der Waals surface area contributed by atoms with Crippen LogP contribution in [0.1, 0.15) is 6.92 Å². The van der Waals surface area contributed by atoms with Crippen LogP contribution in [0, 0.1) is 10.1 Å². The van der Waals surface area contributed by atoms with Gasteiger partial charge in [-0.1, -0.05) is 11.6 Å². The fraction of sp³-hybridized carbons (Fsp3) is 0.333. The van der Waals surface area contributed by atoms with Crippen molar-refractivity contribution < 1.29 is 14.4 Å². The van der Waals surface area contributed by atoms with Crippen LogP contribution in [0.3, 0.4) is 0 Å². The van der Waals surface area contributed by atoms with Crippen LogP contribution in [0.2, 0.25) is 5.02 Å². The minimum atomic E-state index is -0.554. The van der Waals surface area contributed by atoms with E-state index in [9.17, 15) is 10.1 Å². The van der Waals surface area contributed by atoms with Gasteiger partial charge in [0, 0.05) is 18.2 Å². The summed E-state index contributed by atoms with van der Waals surface area (Å²) in [6.45, 7) is 2.19. The van der Waals surface area contributed by atoms with Crippen molar-refractivity contribution in [2.45, 2.75) is 13.0 Å². The molecule has 25 heavy (non-hydrogen) atoms. The summed E-state index contributed by atoms with van der Waals surface area (Å²) in [5.41, 5.74) is 0.167. The number of benzene rings is 1. The van der Waals surface area contributed by atoms with Crippen LogP contribution in [-0.4, -0.2) is 41.8 Å². The third-order valence-corrected chi connectivity index (χ3v) is 3.45. The first kappa shape index (κ1) is 18.7. The molecule has 0 aliphatic rings. The average Bonchev–Trinajstić information content (AvgIpc) is 2.55. The zero-order chi connectivity index (χ0) is 18.4. The average molecular weight is 368 g/mol. The molecule has 0 bridgehead atoms. The number of methoxy groups -OCH3 is 2. The maximum atomic E-state index is 11.6. The summed E-state index contributed by atoms with van der Waals surface area (Å²) in [7, 11) is 3.03. The van der Waals surface area contributed by atoms with E-state index < -0.39 is 4.92 Å². The molecule has 0 fully saturated rings. The molecule has 10 heteroatoms. The van der Waals surface area contributed by atoms with E-state index in [1.165, 1.54) is 13.4 Å². The summed E-state index contributed by atoms with van der Waals surface area (Å²) < 4.78 is 10.3. The van der Waals surface area contributed by atoms with E-state index in [1.807, 2.05) is 6.92 Å². The lowest BCUT2D eigenvalue weighted by atomic mass is 10.2. The summed E-state index contributed by atoms with van der Waals surface area (Å²) in [5.74, 6) is 0.584. The highest BCUT2D eigenvalue weighted by Gasteiger charge is 2.24. The van der Waals surface area contributed by atoms with E-state index in [0.29, 0.717) is 23.1 Å². The summed E-state index contributed by atoms with van der Waals surface area (Å²) in [4.78, 5) is 18.9. The number of anilines is 3. The Hall–Kier alpha value is -2.65. The maximum Gasteiger partial charge on any atom is 0.353 e. The minimum Gasteiger partial charge on any atom is -0.495 e. The normalized spacial score (nSPS) is 11.7. The molecule has 0 saturated carbocycles. The van der Waals surface area contributed by atoms with Crippen molar-refractivity contribution in [1.82, 2.24) is 9.97 Å². The van der Waals surface area contributed by atoms with E-state index in [-0.39, 0.29) is 23.4 Å². The van der Waals surface area contributed by atoms with Crippen LogP contribution in [0.15, 0.2) is 24.5 Å². The van der Waals surface area contributed by atoms with E-state index >= 15 is 0 Å².